The Morgan fingerprint density at radius 2 is 1.92 bits per heavy atom. The van der Waals surface area contributed by atoms with E-state index in [0.717, 1.165) is 22.3 Å². The van der Waals surface area contributed by atoms with Crippen LogP contribution in [0.1, 0.15) is 18.7 Å². The number of nitrogens with zero attached hydrogens (tertiary/aromatic N) is 3. The highest BCUT2D eigenvalue weighted by molar-refractivity contribution is 6.31. The monoisotopic (exact) mass is 367 g/mol. The SMILES string of the molecule is CC(O)c1cnc2ccc(-c3cccnc3-c3ccc(F)c(Cl)c3)cn12. The van der Waals surface area contributed by atoms with Crippen molar-refractivity contribution in [3.05, 3.63) is 77.6 Å². The maximum atomic E-state index is 13.5. The van der Waals surface area contributed by atoms with E-state index in [1.165, 1.54) is 6.07 Å². The van der Waals surface area contributed by atoms with E-state index < -0.39 is 11.9 Å². The predicted octanol–water partition coefficient (Wildman–Crippen LogP) is 4.91. The van der Waals surface area contributed by atoms with E-state index >= 15 is 0 Å². The summed E-state index contributed by atoms with van der Waals surface area (Å²) in [6, 6.07) is 12.2. The van der Waals surface area contributed by atoms with Crippen LogP contribution in [0.5, 0.6) is 0 Å². The highest BCUT2D eigenvalue weighted by atomic mass is 35.5. The van der Waals surface area contributed by atoms with Crippen LogP contribution in [-0.2, 0) is 0 Å². The summed E-state index contributed by atoms with van der Waals surface area (Å²) in [5, 5.41) is 9.99. The molecule has 0 aliphatic rings. The van der Waals surface area contributed by atoms with Crippen LogP contribution >= 0.6 is 11.6 Å². The van der Waals surface area contributed by atoms with Crippen molar-refractivity contribution in [1.82, 2.24) is 14.4 Å². The van der Waals surface area contributed by atoms with Gasteiger partial charge in [-0.15, -0.1) is 0 Å². The lowest BCUT2D eigenvalue weighted by molar-refractivity contribution is 0.193. The van der Waals surface area contributed by atoms with Crippen LogP contribution in [0, 0.1) is 5.82 Å². The molecule has 4 rings (SSSR count). The number of imidazole rings is 1. The molecule has 3 aromatic heterocycles. The normalized spacial score (nSPS) is 12.5. The third-order valence-electron chi connectivity index (χ3n) is 4.27. The van der Waals surface area contributed by atoms with Gasteiger partial charge >= 0.3 is 0 Å². The second-order valence-electron chi connectivity index (χ2n) is 6.03. The molecule has 4 nitrogen and oxygen atoms in total. The van der Waals surface area contributed by atoms with Crippen LogP contribution in [0.4, 0.5) is 4.39 Å². The Hall–Kier alpha value is -2.76. The van der Waals surface area contributed by atoms with Crippen molar-refractivity contribution in [3.8, 4) is 22.4 Å². The minimum absolute atomic E-state index is 0.0561. The van der Waals surface area contributed by atoms with E-state index in [2.05, 4.69) is 9.97 Å². The number of aromatic nitrogens is 3. The van der Waals surface area contributed by atoms with E-state index in [-0.39, 0.29) is 5.02 Å². The Morgan fingerprint density at radius 1 is 1.12 bits per heavy atom. The second kappa shape index (κ2) is 6.52. The van der Waals surface area contributed by atoms with Gasteiger partial charge in [-0.3, -0.25) is 4.98 Å². The van der Waals surface area contributed by atoms with Crippen LogP contribution in [0.3, 0.4) is 0 Å². The molecular weight excluding hydrogens is 353 g/mol. The molecule has 3 heterocycles. The topological polar surface area (TPSA) is 50.4 Å². The summed E-state index contributed by atoms with van der Waals surface area (Å²) < 4.78 is 15.4. The standard InChI is InChI=1S/C20H15ClFN3O/c1-12(26)18-10-24-19-7-5-14(11-25(18)19)15-3-2-8-23-20(15)13-4-6-17(22)16(21)9-13/h2-12,26H,1H3. The van der Waals surface area contributed by atoms with E-state index in [1.807, 2.05) is 34.9 Å². The van der Waals surface area contributed by atoms with Gasteiger partial charge in [0.2, 0.25) is 0 Å². The van der Waals surface area contributed by atoms with Crippen molar-refractivity contribution in [2.75, 3.05) is 0 Å². The number of halogens is 2. The Morgan fingerprint density at radius 3 is 2.69 bits per heavy atom. The van der Waals surface area contributed by atoms with Crippen molar-refractivity contribution in [3.63, 3.8) is 0 Å². The lowest BCUT2D eigenvalue weighted by atomic mass is 10.0. The van der Waals surface area contributed by atoms with Crippen molar-refractivity contribution in [2.24, 2.45) is 0 Å². The van der Waals surface area contributed by atoms with Crippen molar-refractivity contribution >= 4 is 17.2 Å². The molecule has 0 fully saturated rings. The van der Waals surface area contributed by atoms with Crippen LogP contribution in [-0.4, -0.2) is 19.5 Å². The first kappa shape index (κ1) is 16.7. The Balaban J connectivity index is 1.90. The number of pyridine rings is 2. The molecule has 1 aromatic carbocycles. The molecular formula is C20H15ClFN3O. The minimum Gasteiger partial charge on any atom is -0.387 e. The van der Waals surface area contributed by atoms with Gasteiger partial charge in [0.25, 0.3) is 0 Å². The third kappa shape index (κ3) is 2.85. The zero-order chi connectivity index (χ0) is 18.3. The quantitative estimate of drug-likeness (QED) is 0.559. The summed E-state index contributed by atoms with van der Waals surface area (Å²) in [5.74, 6) is -0.464. The van der Waals surface area contributed by atoms with Gasteiger partial charge in [-0.25, -0.2) is 9.37 Å². The average Bonchev–Trinajstić information content (AvgIpc) is 3.07. The number of rotatable bonds is 3. The summed E-state index contributed by atoms with van der Waals surface area (Å²) >= 11 is 5.94. The van der Waals surface area contributed by atoms with Gasteiger partial charge in [-0.2, -0.15) is 0 Å². The van der Waals surface area contributed by atoms with E-state index in [1.54, 1.807) is 31.5 Å². The second-order valence-corrected chi connectivity index (χ2v) is 6.44. The number of hydrogen-bond donors (Lipinski definition) is 1. The molecule has 130 valence electrons. The van der Waals surface area contributed by atoms with Gasteiger partial charge < -0.3 is 9.51 Å². The Bertz CT molecular complexity index is 1110. The fourth-order valence-electron chi connectivity index (χ4n) is 2.98. The van der Waals surface area contributed by atoms with Crippen LogP contribution in [0.2, 0.25) is 5.02 Å². The first-order valence-corrected chi connectivity index (χ1v) is 8.48. The number of aliphatic hydroxyl groups excluding tert-OH is 1. The first-order valence-electron chi connectivity index (χ1n) is 8.10. The molecule has 0 aliphatic heterocycles. The fourth-order valence-corrected chi connectivity index (χ4v) is 3.16. The van der Waals surface area contributed by atoms with Gasteiger partial charge in [0.05, 0.1) is 28.7 Å². The highest BCUT2D eigenvalue weighted by Gasteiger charge is 2.13. The molecule has 1 N–H and O–H groups in total. The van der Waals surface area contributed by atoms with Gasteiger partial charge in [0.1, 0.15) is 11.5 Å². The van der Waals surface area contributed by atoms with Crippen molar-refractivity contribution in [2.45, 2.75) is 13.0 Å². The molecule has 6 heteroatoms. The fraction of sp³-hybridized carbons (Fsp3) is 0.100. The molecule has 0 saturated carbocycles. The zero-order valence-corrected chi connectivity index (χ0v) is 14.7. The van der Waals surface area contributed by atoms with E-state index in [4.69, 9.17) is 11.6 Å². The molecule has 4 aromatic rings. The molecule has 0 radical (unpaired) electrons. The largest absolute Gasteiger partial charge is 0.387 e. The van der Waals surface area contributed by atoms with E-state index in [0.29, 0.717) is 11.4 Å². The number of benzene rings is 1. The van der Waals surface area contributed by atoms with Gasteiger partial charge in [0, 0.05) is 29.1 Å². The minimum atomic E-state index is -0.635. The lowest BCUT2D eigenvalue weighted by Crippen LogP contribution is -1.98. The molecule has 0 bridgehead atoms. The maximum Gasteiger partial charge on any atom is 0.141 e. The Labute approximate surface area is 154 Å². The summed E-state index contributed by atoms with van der Waals surface area (Å²) in [6.45, 7) is 1.70. The first-order chi connectivity index (χ1) is 12.5. The smallest absolute Gasteiger partial charge is 0.141 e. The zero-order valence-electron chi connectivity index (χ0n) is 13.9. The summed E-state index contributed by atoms with van der Waals surface area (Å²) in [5.41, 5.74) is 4.67. The molecule has 0 aliphatic carbocycles. The number of aliphatic hydroxyl groups is 1. The third-order valence-corrected chi connectivity index (χ3v) is 4.56. The van der Waals surface area contributed by atoms with Crippen molar-refractivity contribution in [1.29, 1.82) is 0 Å². The molecule has 1 atom stereocenters. The van der Waals surface area contributed by atoms with Gasteiger partial charge in [-0.05, 0) is 43.3 Å². The predicted molar refractivity (Wildman–Crippen MR) is 99.5 cm³/mol. The summed E-state index contributed by atoms with van der Waals surface area (Å²) in [4.78, 5) is 8.77. The number of fused-ring (bicyclic) bond motifs is 1. The average molecular weight is 368 g/mol. The van der Waals surface area contributed by atoms with Crippen LogP contribution in [0.25, 0.3) is 28.0 Å². The molecule has 26 heavy (non-hydrogen) atoms. The number of hydrogen-bond acceptors (Lipinski definition) is 3. The van der Waals surface area contributed by atoms with Crippen LogP contribution < -0.4 is 0 Å². The molecule has 0 spiro atoms. The molecule has 0 saturated heterocycles. The van der Waals surface area contributed by atoms with Gasteiger partial charge in [0.15, 0.2) is 0 Å². The molecule has 0 amide bonds. The lowest BCUT2D eigenvalue weighted by Gasteiger charge is -2.11. The summed E-state index contributed by atoms with van der Waals surface area (Å²) in [7, 11) is 0. The van der Waals surface area contributed by atoms with Crippen LogP contribution in [0.15, 0.2) is 61.1 Å². The maximum absolute atomic E-state index is 13.5. The molecule has 1 unspecified atom stereocenters. The highest BCUT2D eigenvalue weighted by Crippen LogP contribution is 2.32. The van der Waals surface area contributed by atoms with E-state index in [9.17, 15) is 9.50 Å². The van der Waals surface area contributed by atoms with Crippen molar-refractivity contribution < 1.29 is 9.50 Å². The van der Waals surface area contributed by atoms with Gasteiger partial charge in [-0.1, -0.05) is 17.7 Å². The Kier molecular flexibility index (Phi) is 4.18. The summed E-state index contributed by atoms with van der Waals surface area (Å²) in [6.07, 6.45) is 4.63.